The van der Waals surface area contributed by atoms with Gasteiger partial charge in [-0.05, 0) is 33.3 Å². The molecule has 114 valence electrons. The first kappa shape index (κ1) is 16.7. The van der Waals surface area contributed by atoms with Gasteiger partial charge in [0.25, 0.3) is 0 Å². The zero-order valence-corrected chi connectivity index (χ0v) is 12.6. The Balaban J connectivity index is 3.13. The van der Waals surface area contributed by atoms with E-state index in [2.05, 4.69) is 4.72 Å². The summed E-state index contributed by atoms with van der Waals surface area (Å²) in [5.41, 5.74) is -0.890. The zero-order valence-electron chi connectivity index (χ0n) is 11.8. The number of rotatable bonds is 7. The first-order valence-electron chi connectivity index (χ1n) is 6.21. The molecule has 1 aromatic heterocycles. The number of carbonyl (C=O) groups is 1. The van der Waals surface area contributed by atoms with Gasteiger partial charge < -0.3 is 14.8 Å². The maximum absolute atomic E-state index is 12.2. The van der Waals surface area contributed by atoms with Crippen molar-refractivity contribution in [2.45, 2.75) is 44.2 Å². The molecule has 0 fully saturated rings. The molecule has 0 saturated heterocycles. The highest BCUT2D eigenvalue weighted by molar-refractivity contribution is 7.89. The minimum atomic E-state index is -3.83. The average Bonchev–Trinajstić information content (AvgIpc) is 2.71. The predicted octanol–water partition coefficient (Wildman–Crippen LogP) is 0.645. The number of aromatic carboxylic acids is 1. The van der Waals surface area contributed by atoms with Crippen molar-refractivity contribution in [3.63, 3.8) is 0 Å². The van der Waals surface area contributed by atoms with E-state index in [4.69, 9.17) is 10.2 Å². The van der Waals surface area contributed by atoms with Crippen molar-refractivity contribution in [2.75, 3.05) is 6.61 Å². The Morgan fingerprint density at radius 3 is 2.45 bits per heavy atom. The quantitative estimate of drug-likeness (QED) is 0.685. The molecular formula is C12H20N2O5S. The summed E-state index contributed by atoms with van der Waals surface area (Å²) in [5.74, 6) is -1.18. The van der Waals surface area contributed by atoms with E-state index >= 15 is 0 Å². The molecule has 0 atom stereocenters. The van der Waals surface area contributed by atoms with Gasteiger partial charge in [-0.2, -0.15) is 0 Å². The number of aliphatic hydroxyl groups is 1. The number of sulfonamides is 1. The van der Waals surface area contributed by atoms with Crippen LogP contribution in [0.1, 0.15) is 37.7 Å². The van der Waals surface area contributed by atoms with Crippen LogP contribution in [0.3, 0.4) is 0 Å². The molecular weight excluding hydrogens is 284 g/mol. The second-order valence-electron chi connectivity index (χ2n) is 5.12. The zero-order chi connectivity index (χ0) is 15.6. The van der Waals surface area contributed by atoms with Crippen LogP contribution in [0.4, 0.5) is 0 Å². The molecule has 0 radical (unpaired) electrons. The van der Waals surface area contributed by atoms with Gasteiger partial charge in [0.15, 0.2) is 0 Å². The van der Waals surface area contributed by atoms with E-state index in [-0.39, 0.29) is 23.6 Å². The molecule has 0 aliphatic carbocycles. The van der Waals surface area contributed by atoms with Crippen molar-refractivity contribution in [3.05, 3.63) is 18.0 Å². The molecule has 1 heterocycles. The fraction of sp³-hybridized carbons (Fsp3) is 0.583. The minimum absolute atomic E-state index is 0.0761. The van der Waals surface area contributed by atoms with Crippen LogP contribution in [0.25, 0.3) is 0 Å². The van der Waals surface area contributed by atoms with Gasteiger partial charge in [-0.25, -0.2) is 17.9 Å². The lowest BCUT2D eigenvalue weighted by atomic mass is 10.0. The predicted molar refractivity (Wildman–Crippen MR) is 73.2 cm³/mol. The highest BCUT2D eigenvalue weighted by Gasteiger charge is 2.28. The third-order valence-corrected chi connectivity index (χ3v) is 4.55. The lowest BCUT2D eigenvalue weighted by molar-refractivity contribution is 0.0685. The van der Waals surface area contributed by atoms with Gasteiger partial charge in [-0.3, -0.25) is 0 Å². The van der Waals surface area contributed by atoms with E-state index in [1.165, 1.54) is 10.8 Å². The van der Waals surface area contributed by atoms with Gasteiger partial charge in [0.2, 0.25) is 10.0 Å². The van der Waals surface area contributed by atoms with E-state index in [1.54, 1.807) is 20.8 Å². The van der Waals surface area contributed by atoms with Crippen molar-refractivity contribution >= 4 is 16.0 Å². The highest BCUT2D eigenvalue weighted by Crippen LogP contribution is 2.18. The third-order valence-electron chi connectivity index (χ3n) is 2.89. The minimum Gasteiger partial charge on any atom is -0.477 e. The van der Waals surface area contributed by atoms with E-state index in [1.807, 2.05) is 0 Å². The number of hydrogen-bond acceptors (Lipinski definition) is 4. The SMILES string of the molecule is CCn1cc(S(=O)(=O)NC(C)(C)CCO)cc1C(=O)O. The van der Waals surface area contributed by atoms with Gasteiger partial charge in [0.1, 0.15) is 10.6 Å². The van der Waals surface area contributed by atoms with Crippen LogP contribution in [-0.4, -0.2) is 41.3 Å². The molecule has 0 aliphatic heterocycles. The Bertz CT molecular complexity index is 589. The highest BCUT2D eigenvalue weighted by atomic mass is 32.2. The summed E-state index contributed by atoms with van der Waals surface area (Å²) in [7, 11) is -3.83. The summed E-state index contributed by atoms with van der Waals surface area (Å²) in [4.78, 5) is 10.9. The lowest BCUT2D eigenvalue weighted by Crippen LogP contribution is -2.43. The Morgan fingerprint density at radius 2 is 2.05 bits per heavy atom. The Kier molecular flexibility index (Phi) is 4.95. The van der Waals surface area contributed by atoms with Gasteiger partial charge >= 0.3 is 5.97 Å². The molecule has 0 bridgehead atoms. The van der Waals surface area contributed by atoms with Crippen LogP contribution in [0.5, 0.6) is 0 Å². The van der Waals surface area contributed by atoms with Crippen molar-refractivity contribution in [1.82, 2.24) is 9.29 Å². The van der Waals surface area contributed by atoms with Crippen LogP contribution < -0.4 is 4.72 Å². The first-order chi connectivity index (χ1) is 9.13. The molecule has 0 aliphatic rings. The van der Waals surface area contributed by atoms with E-state index in [0.29, 0.717) is 6.54 Å². The average molecular weight is 304 g/mol. The number of aromatic nitrogens is 1. The van der Waals surface area contributed by atoms with E-state index in [9.17, 15) is 13.2 Å². The van der Waals surface area contributed by atoms with Crippen LogP contribution in [0.15, 0.2) is 17.2 Å². The second kappa shape index (κ2) is 5.94. The molecule has 1 rings (SSSR count). The lowest BCUT2D eigenvalue weighted by Gasteiger charge is -2.24. The van der Waals surface area contributed by atoms with Crippen LogP contribution in [-0.2, 0) is 16.6 Å². The van der Waals surface area contributed by atoms with Crippen LogP contribution >= 0.6 is 0 Å². The molecule has 3 N–H and O–H groups in total. The maximum atomic E-state index is 12.2. The number of nitrogens with zero attached hydrogens (tertiary/aromatic N) is 1. The third kappa shape index (κ3) is 3.81. The summed E-state index contributed by atoms with van der Waals surface area (Å²) in [6, 6.07) is 1.13. The molecule has 0 spiro atoms. The van der Waals surface area contributed by atoms with Crippen molar-refractivity contribution in [2.24, 2.45) is 0 Å². The van der Waals surface area contributed by atoms with Crippen molar-refractivity contribution in [1.29, 1.82) is 0 Å². The maximum Gasteiger partial charge on any atom is 0.352 e. The fourth-order valence-corrected chi connectivity index (χ4v) is 3.30. The van der Waals surface area contributed by atoms with Gasteiger partial charge in [-0.1, -0.05) is 0 Å². The van der Waals surface area contributed by atoms with Crippen molar-refractivity contribution in [3.8, 4) is 0 Å². The van der Waals surface area contributed by atoms with E-state index in [0.717, 1.165) is 6.07 Å². The normalized spacial score (nSPS) is 12.6. The number of carboxylic acids is 1. The number of nitrogens with one attached hydrogen (secondary N) is 1. The summed E-state index contributed by atoms with van der Waals surface area (Å²) in [6.45, 7) is 5.24. The van der Waals surface area contributed by atoms with Crippen LogP contribution in [0, 0.1) is 0 Å². The Labute approximate surface area is 118 Å². The van der Waals surface area contributed by atoms with E-state index < -0.39 is 21.5 Å². The molecule has 0 aromatic carbocycles. The summed E-state index contributed by atoms with van der Waals surface area (Å²) >= 11 is 0. The van der Waals surface area contributed by atoms with Crippen molar-refractivity contribution < 1.29 is 23.4 Å². The summed E-state index contributed by atoms with van der Waals surface area (Å²) in [6.07, 6.45) is 1.55. The molecule has 0 amide bonds. The standard InChI is InChI=1S/C12H20N2O5S/c1-4-14-8-9(7-10(14)11(16)17)20(18,19)13-12(2,3)5-6-15/h7-8,13,15H,4-6H2,1-3H3,(H,16,17). The Morgan fingerprint density at radius 1 is 1.45 bits per heavy atom. The number of aliphatic hydroxyl groups excluding tert-OH is 1. The first-order valence-corrected chi connectivity index (χ1v) is 7.69. The van der Waals surface area contributed by atoms with Gasteiger partial charge in [-0.15, -0.1) is 0 Å². The monoisotopic (exact) mass is 304 g/mol. The molecule has 0 saturated carbocycles. The van der Waals surface area contributed by atoms with Gasteiger partial charge in [0, 0.05) is 24.9 Å². The molecule has 7 nitrogen and oxygen atoms in total. The molecule has 1 aromatic rings. The number of carboxylic acid groups (broad SMARTS) is 1. The molecule has 0 unspecified atom stereocenters. The number of aryl methyl sites for hydroxylation is 1. The molecule has 20 heavy (non-hydrogen) atoms. The summed E-state index contributed by atoms with van der Waals surface area (Å²) < 4.78 is 28.3. The smallest absolute Gasteiger partial charge is 0.352 e. The Hall–Kier alpha value is -1.38. The van der Waals surface area contributed by atoms with Crippen LogP contribution in [0.2, 0.25) is 0 Å². The second-order valence-corrected chi connectivity index (χ2v) is 6.80. The van der Waals surface area contributed by atoms with Gasteiger partial charge in [0.05, 0.1) is 0 Å². The fourth-order valence-electron chi connectivity index (χ4n) is 1.82. The largest absolute Gasteiger partial charge is 0.477 e. The summed E-state index contributed by atoms with van der Waals surface area (Å²) in [5, 5.41) is 17.9. The topological polar surface area (TPSA) is 109 Å². The molecule has 8 heteroatoms. The number of hydrogen-bond donors (Lipinski definition) is 3.